The lowest BCUT2D eigenvalue weighted by Gasteiger charge is -2.34. The SMILES string of the molecule is CCC1CCCCN1S(=O)(=O)c1ccc(C(=O)N(CC2CCCO2)c2nc3c(C)c(Cl)ccc3s2)cc1. The maximum atomic E-state index is 13.8. The largest absolute Gasteiger partial charge is 0.376 e. The highest BCUT2D eigenvalue weighted by Crippen LogP contribution is 2.35. The topological polar surface area (TPSA) is 79.8 Å². The summed E-state index contributed by atoms with van der Waals surface area (Å²) in [5.74, 6) is -0.230. The standard InChI is InChI=1S/C27H32ClN3O4S2/c1-3-20-7-4-5-15-31(20)37(33,34)22-11-9-19(10-12-22)26(32)30(17-21-8-6-16-35-21)27-29-25-18(2)23(28)13-14-24(25)36-27/h9-14,20-21H,3-8,15-17H2,1-2H3. The van der Waals surface area contributed by atoms with Crippen LogP contribution in [0.5, 0.6) is 0 Å². The Kier molecular flexibility index (Phi) is 7.88. The molecule has 2 saturated heterocycles. The first kappa shape index (κ1) is 26.6. The van der Waals surface area contributed by atoms with Crippen LogP contribution < -0.4 is 4.90 Å². The van der Waals surface area contributed by atoms with E-state index in [0.29, 0.717) is 35.4 Å². The Hall–Kier alpha value is -2.04. The molecular formula is C27H32ClN3O4S2. The van der Waals surface area contributed by atoms with E-state index in [4.69, 9.17) is 21.3 Å². The second-order valence-corrected chi connectivity index (χ2v) is 13.1. The van der Waals surface area contributed by atoms with Gasteiger partial charge >= 0.3 is 0 Å². The van der Waals surface area contributed by atoms with Crippen LogP contribution in [-0.2, 0) is 14.8 Å². The minimum Gasteiger partial charge on any atom is -0.376 e. The second-order valence-electron chi connectivity index (χ2n) is 9.76. The van der Waals surface area contributed by atoms with Crippen molar-refractivity contribution in [2.24, 2.45) is 0 Å². The van der Waals surface area contributed by atoms with Crippen LogP contribution in [-0.4, -0.2) is 55.5 Å². The maximum absolute atomic E-state index is 13.8. The molecule has 0 bridgehead atoms. The van der Waals surface area contributed by atoms with Gasteiger partial charge in [-0.2, -0.15) is 4.31 Å². The first-order valence-corrected chi connectivity index (χ1v) is 15.5. The van der Waals surface area contributed by atoms with Gasteiger partial charge in [-0.1, -0.05) is 36.3 Å². The molecule has 1 amide bonds. The average Bonchev–Trinajstić information content (AvgIpc) is 3.59. The Balaban J connectivity index is 1.45. The third-order valence-corrected chi connectivity index (χ3v) is 10.8. The summed E-state index contributed by atoms with van der Waals surface area (Å²) in [5.41, 5.74) is 2.08. The van der Waals surface area contributed by atoms with Gasteiger partial charge in [0.1, 0.15) is 0 Å². The number of thiazole rings is 1. The van der Waals surface area contributed by atoms with E-state index in [1.54, 1.807) is 33.5 Å². The van der Waals surface area contributed by atoms with E-state index in [1.807, 2.05) is 26.0 Å². The number of nitrogens with zero attached hydrogens (tertiary/aromatic N) is 3. The van der Waals surface area contributed by atoms with Crippen molar-refractivity contribution >= 4 is 54.2 Å². The zero-order valence-corrected chi connectivity index (χ0v) is 23.5. The molecule has 1 aromatic heterocycles. The highest BCUT2D eigenvalue weighted by molar-refractivity contribution is 7.89. The molecule has 2 aliphatic rings. The third kappa shape index (κ3) is 5.29. The molecule has 2 aliphatic heterocycles. The van der Waals surface area contributed by atoms with Crippen LogP contribution in [0.25, 0.3) is 10.2 Å². The summed E-state index contributed by atoms with van der Waals surface area (Å²) in [6.07, 6.45) is 5.38. The monoisotopic (exact) mass is 561 g/mol. The molecule has 2 unspecified atom stereocenters. The van der Waals surface area contributed by atoms with Gasteiger partial charge in [0.25, 0.3) is 5.91 Å². The van der Waals surface area contributed by atoms with Crippen molar-refractivity contribution in [1.29, 1.82) is 0 Å². The van der Waals surface area contributed by atoms with Crippen molar-refractivity contribution in [2.75, 3.05) is 24.6 Å². The van der Waals surface area contributed by atoms with Crippen LogP contribution in [0.3, 0.4) is 0 Å². The fourth-order valence-electron chi connectivity index (χ4n) is 5.20. The van der Waals surface area contributed by atoms with Crippen molar-refractivity contribution in [2.45, 2.75) is 69.4 Å². The van der Waals surface area contributed by atoms with Crippen LogP contribution in [0.15, 0.2) is 41.3 Å². The van der Waals surface area contributed by atoms with Gasteiger partial charge in [-0.25, -0.2) is 13.4 Å². The number of fused-ring (bicyclic) bond motifs is 1. The van der Waals surface area contributed by atoms with E-state index in [0.717, 1.165) is 54.3 Å². The number of aryl methyl sites for hydroxylation is 1. The molecule has 0 radical (unpaired) electrons. The van der Waals surface area contributed by atoms with E-state index in [1.165, 1.54) is 11.3 Å². The lowest BCUT2D eigenvalue weighted by molar-refractivity contribution is 0.0917. The molecule has 7 nitrogen and oxygen atoms in total. The third-order valence-electron chi connectivity index (χ3n) is 7.38. The maximum Gasteiger partial charge on any atom is 0.260 e. The number of anilines is 1. The van der Waals surface area contributed by atoms with E-state index < -0.39 is 10.0 Å². The van der Waals surface area contributed by atoms with Crippen LogP contribution in [0.4, 0.5) is 5.13 Å². The number of hydrogen-bond acceptors (Lipinski definition) is 6. The summed E-state index contributed by atoms with van der Waals surface area (Å²) in [7, 11) is -3.62. The molecule has 0 aliphatic carbocycles. The second kappa shape index (κ2) is 11.0. The summed E-state index contributed by atoms with van der Waals surface area (Å²) in [6.45, 7) is 5.56. The fourth-order valence-corrected chi connectivity index (χ4v) is 8.16. The Morgan fingerprint density at radius 1 is 1.16 bits per heavy atom. The van der Waals surface area contributed by atoms with Gasteiger partial charge in [0.15, 0.2) is 5.13 Å². The zero-order chi connectivity index (χ0) is 26.2. The predicted octanol–water partition coefficient (Wildman–Crippen LogP) is 6.04. The van der Waals surface area contributed by atoms with Crippen LogP contribution >= 0.6 is 22.9 Å². The molecule has 10 heteroatoms. The molecule has 5 rings (SSSR count). The van der Waals surface area contributed by atoms with E-state index in [9.17, 15) is 13.2 Å². The number of halogens is 1. The number of carbonyl (C=O) groups is 1. The van der Waals surface area contributed by atoms with Crippen molar-refractivity contribution in [3.8, 4) is 0 Å². The van der Waals surface area contributed by atoms with Crippen molar-refractivity contribution in [1.82, 2.24) is 9.29 Å². The summed E-state index contributed by atoms with van der Waals surface area (Å²) >= 11 is 7.75. The summed E-state index contributed by atoms with van der Waals surface area (Å²) in [5, 5.41) is 1.22. The number of hydrogen-bond donors (Lipinski definition) is 0. The van der Waals surface area contributed by atoms with E-state index >= 15 is 0 Å². The minimum absolute atomic E-state index is 0.0259. The van der Waals surface area contributed by atoms with Crippen molar-refractivity contribution in [3.63, 3.8) is 0 Å². The number of carbonyl (C=O) groups excluding carboxylic acids is 1. The molecule has 2 atom stereocenters. The lowest BCUT2D eigenvalue weighted by Crippen LogP contribution is -2.43. The van der Waals surface area contributed by atoms with Crippen LogP contribution in [0.1, 0.15) is 61.4 Å². The van der Waals surface area contributed by atoms with Crippen molar-refractivity contribution < 1.29 is 17.9 Å². The van der Waals surface area contributed by atoms with Gasteiger partial charge in [-0.15, -0.1) is 0 Å². The Labute approximate surface area is 227 Å². The van der Waals surface area contributed by atoms with Crippen LogP contribution in [0.2, 0.25) is 5.02 Å². The van der Waals surface area contributed by atoms with Gasteiger partial charge in [0, 0.05) is 29.8 Å². The molecule has 3 aromatic rings. The molecular weight excluding hydrogens is 530 g/mol. The van der Waals surface area contributed by atoms with Gasteiger partial charge in [0.05, 0.1) is 27.8 Å². The summed E-state index contributed by atoms with van der Waals surface area (Å²) in [4.78, 5) is 20.4. The number of benzene rings is 2. The molecule has 2 fully saturated rings. The summed E-state index contributed by atoms with van der Waals surface area (Å²) < 4.78 is 35.2. The quantitative estimate of drug-likeness (QED) is 0.351. The Bertz CT molecular complexity index is 1380. The molecule has 0 spiro atoms. The highest BCUT2D eigenvalue weighted by atomic mass is 35.5. The summed E-state index contributed by atoms with van der Waals surface area (Å²) in [6, 6.07) is 10.1. The Morgan fingerprint density at radius 2 is 1.95 bits per heavy atom. The smallest absolute Gasteiger partial charge is 0.260 e. The highest BCUT2D eigenvalue weighted by Gasteiger charge is 2.33. The van der Waals surface area contributed by atoms with Gasteiger partial charge in [-0.05, 0) is 81.0 Å². The average molecular weight is 562 g/mol. The number of ether oxygens (including phenoxy) is 1. The fraction of sp³-hybridized carbons (Fsp3) is 0.481. The molecule has 37 heavy (non-hydrogen) atoms. The molecule has 198 valence electrons. The molecule has 0 N–H and O–H groups in total. The Morgan fingerprint density at radius 3 is 2.65 bits per heavy atom. The van der Waals surface area contributed by atoms with Gasteiger partial charge in [-0.3, -0.25) is 9.69 Å². The molecule has 2 aromatic carbocycles. The zero-order valence-electron chi connectivity index (χ0n) is 21.2. The minimum atomic E-state index is -3.62. The number of rotatable bonds is 7. The van der Waals surface area contributed by atoms with Gasteiger partial charge in [0.2, 0.25) is 10.0 Å². The number of amides is 1. The normalized spacial score (nSPS) is 20.9. The van der Waals surface area contributed by atoms with E-state index in [-0.39, 0.29) is 22.9 Å². The first-order chi connectivity index (χ1) is 17.8. The van der Waals surface area contributed by atoms with Crippen LogP contribution in [0, 0.1) is 6.92 Å². The molecule has 3 heterocycles. The number of sulfonamides is 1. The number of piperidine rings is 1. The van der Waals surface area contributed by atoms with Crippen molar-refractivity contribution in [3.05, 3.63) is 52.5 Å². The first-order valence-electron chi connectivity index (χ1n) is 12.9. The molecule has 0 saturated carbocycles. The van der Waals surface area contributed by atoms with Gasteiger partial charge < -0.3 is 4.74 Å². The van der Waals surface area contributed by atoms with E-state index in [2.05, 4.69) is 0 Å². The predicted molar refractivity (Wildman–Crippen MR) is 148 cm³/mol. The number of aromatic nitrogens is 1. The lowest BCUT2D eigenvalue weighted by atomic mass is 10.0.